The van der Waals surface area contributed by atoms with E-state index < -0.39 is 18.2 Å². The molecule has 0 radical (unpaired) electrons. The maximum atomic E-state index is 13.3. The van der Waals surface area contributed by atoms with Crippen LogP contribution in [0.2, 0.25) is 0 Å². The molecule has 5 rings (SSSR count). The van der Waals surface area contributed by atoms with Crippen LogP contribution in [0.3, 0.4) is 0 Å². The lowest BCUT2D eigenvalue weighted by atomic mass is 10.1. The van der Waals surface area contributed by atoms with E-state index in [-0.39, 0.29) is 18.3 Å². The van der Waals surface area contributed by atoms with Crippen LogP contribution in [-0.2, 0) is 11.3 Å². The summed E-state index contributed by atoms with van der Waals surface area (Å²) in [6, 6.07) is 14.8. The minimum Gasteiger partial charge on any atom is -0.325 e. The Balaban J connectivity index is 1.43. The van der Waals surface area contributed by atoms with Crippen LogP contribution in [-0.4, -0.2) is 64.9 Å². The van der Waals surface area contributed by atoms with Crippen molar-refractivity contribution in [3.63, 3.8) is 0 Å². The van der Waals surface area contributed by atoms with E-state index >= 15 is 0 Å². The van der Waals surface area contributed by atoms with Crippen molar-refractivity contribution in [2.45, 2.75) is 18.8 Å². The number of urea groups is 1. The van der Waals surface area contributed by atoms with Crippen molar-refractivity contribution in [2.24, 2.45) is 4.99 Å². The molecule has 0 saturated carbocycles. The number of rotatable bonds is 3. The van der Waals surface area contributed by atoms with Gasteiger partial charge in [0.15, 0.2) is 12.2 Å². The highest BCUT2D eigenvalue weighted by molar-refractivity contribution is 6.07. The van der Waals surface area contributed by atoms with Crippen molar-refractivity contribution in [1.82, 2.24) is 14.7 Å². The summed E-state index contributed by atoms with van der Waals surface area (Å²) in [6.07, 6.45) is -0.541. The molecule has 3 amide bonds. The van der Waals surface area contributed by atoms with Gasteiger partial charge < -0.3 is 14.7 Å². The van der Waals surface area contributed by atoms with Crippen LogP contribution in [0.25, 0.3) is 0 Å². The summed E-state index contributed by atoms with van der Waals surface area (Å²) in [5.74, 6) is 0.105. The van der Waals surface area contributed by atoms with Gasteiger partial charge >= 0.3 is 6.03 Å². The molecule has 29 heavy (non-hydrogen) atoms. The van der Waals surface area contributed by atoms with Crippen LogP contribution in [0.5, 0.6) is 0 Å². The Hall–Kier alpha value is -3.42. The number of likely N-dealkylation sites (N-methyl/N-ethyl adjacent to an activating group) is 1. The number of guanidine groups is 1. The van der Waals surface area contributed by atoms with E-state index in [0.717, 1.165) is 18.2 Å². The summed E-state index contributed by atoms with van der Waals surface area (Å²) in [7, 11) is 1.67. The van der Waals surface area contributed by atoms with Crippen LogP contribution < -0.4 is 4.90 Å². The fourth-order valence-electron chi connectivity index (χ4n) is 4.21. The van der Waals surface area contributed by atoms with E-state index in [1.165, 1.54) is 21.9 Å². The van der Waals surface area contributed by atoms with Crippen molar-refractivity contribution in [3.05, 3.63) is 66.0 Å². The molecule has 0 spiro atoms. The number of benzene rings is 2. The van der Waals surface area contributed by atoms with Crippen molar-refractivity contribution >= 4 is 23.6 Å². The molecular weight excluding hydrogens is 373 g/mol. The molecule has 8 heteroatoms. The van der Waals surface area contributed by atoms with E-state index in [0.29, 0.717) is 12.1 Å². The highest BCUT2D eigenvalue weighted by Gasteiger charge is 2.54. The molecule has 0 N–H and O–H groups in total. The zero-order chi connectivity index (χ0) is 20.1. The monoisotopic (exact) mass is 393 g/mol. The van der Waals surface area contributed by atoms with Crippen molar-refractivity contribution in [2.75, 3.05) is 25.0 Å². The fraction of sp³-hybridized carbons (Fsp3) is 0.286. The molecule has 3 aliphatic heterocycles. The third-order valence-electron chi connectivity index (χ3n) is 5.70. The van der Waals surface area contributed by atoms with E-state index in [1.807, 2.05) is 35.2 Å². The van der Waals surface area contributed by atoms with Gasteiger partial charge in [-0.2, -0.15) is 0 Å². The summed E-state index contributed by atoms with van der Waals surface area (Å²) in [5, 5.41) is 0. The molecule has 2 aromatic rings. The molecule has 2 fully saturated rings. The van der Waals surface area contributed by atoms with Gasteiger partial charge in [0.2, 0.25) is 5.96 Å². The van der Waals surface area contributed by atoms with Crippen molar-refractivity contribution in [3.8, 4) is 0 Å². The maximum Gasteiger partial charge on any atom is 0.328 e. The number of fused-ring (bicyclic) bond motifs is 3. The summed E-state index contributed by atoms with van der Waals surface area (Å²) < 4.78 is 13.2. The van der Waals surface area contributed by atoms with Gasteiger partial charge in [-0.1, -0.05) is 30.3 Å². The number of nitrogens with zero attached hydrogens (tertiary/aromatic N) is 5. The highest BCUT2D eigenvalue weighted by Crippen LogP contribution is 2.33. The zero-order valence-corrected chi connectivity index (χ0v) is 15.9. The number of imide groups is 1. The second-order valence-corrected chi connectivity index (χ2v) is 7.41. The van der Waals surface area contributed by atoms with Gasteiger partial charge in [-0.15, -0.1) is 0 Å². The quantitative estimate of drug-likeness (QED) is 0.802. The van der Waals surface area contributed by atoms with Gasteiger partial charge in [0.05, 0.1) is 6.54 Å². The lowest BCUT2D eigenvalue weighted by Crippen LogP contribution is -2.64. The zero-order valence-electron chi connectivity index (χ0n) is 15.9. The minimum absolute atomic E-state index is 0.108. The third-order valence-corrected chi connectivity index (χ3v) is 5.70. The minimum atomic E-state index is -0.541. The second-order valence-electron chi connectivity index (χ2n) is 7.41. The number of aliphatic imine (C=N–C) groups is 1. The van der Waals surface area contributed by atoms with Crippen LogP contribution in [0.4, 0.5) is 14.9 Å². The summed E-state index contributed by atoms with van der Waals surface area (Å²) >= 11 is 0. The average Bonchev–Trinajstić information content (AvgIpc) is 3.31. The Bertz CT molecular complexity index is 994. The number of carbonyl (C=O) groups excluding carboxylic acids is 2. The topological polar surface area (TPSA) is 59.5 Å². The van der Waals surface area contributed by atoms with Crippen molar-refractivity contribution in [1.29, 1.82) is 0 Å². The number of anilines is 1. The second kappa shape index (κ2) is 6.58. The predicted octanol–water partition coefficient (Wildman–Crippen LogP) is 2.11. The summed E-state index contributed by atoms with van der Waals surface area (Å²) in [5.41, 5.74) is 1.71. The molecule has 2 saturated heterocycles. The molecule has 7 nitrogen and oxygen atoms in total. The standard InChI is InChI=1S/C21H20FN5O2/c1-24-18-17(19(28)27(21(24)29)13-14-7-9-15(22)10-8-14)26-12-11-25(20(26)23-18)16-5-3-2-4-6-16/h2-10,17-18H,11-13H2,1H3. The molecular formula is C21H20FN5O2. The van der Waals surface area contributed by atoms with Crippen LogP contribution in [0, 0.1) is 5.82 Å². The highest BCUT2D eigenvalue weighted by atomic mass is 19.1. The fourth-order valence-corrected chi connectivity index (χ4v) is 4.21. The summed E-state index contributed by atoms with van der Waals surface area (Å²) in [4.78, 5) is 37.7. The SMILES string of the molecule is CN1C(=O)N(Cc2ccc(F)cc2)C(=O)C2C1N=C1N(c3ccccc3)CCN12. The van der Waals surface area contributed by atoms with Gasteiger partial charge in [0, 0.05) is 25.8 Å². The molecule has 3 heterocycles. The van der Waals surface area contributed by atoms with Gasteiger partial charge in [-0.05, 0) is 29.8 Å². The lowest BCUT2D eigenvalue weighted by Gasteiger charge is -2.40. The number of amides is 3. The lowest BCUT2D eigenvalue weighted by molar-refractivity contribution is -0.137. The molecule has 2 atom stereocenters. The summed E-state index contributed by atoms with van der Waals surface area (Å²) in [6.45, 7) is 1.50. The first-order valence-corrected chi connectivity index (χ1v) is 9.54. The predicted molar refractivity (Wildman–Crippen MR) is 106 cm³/mol. The van der Waals surface area contributed by atoms with Crippen molar-refractivity contribution < 1.29 is 14.0 Å². The van der Waals surface area contributed by atoms with E-state index in [2.05, 4.69) is 4.90 Å². The molecule has 0 aliphatic carbocycles. The smallest absolute Gasteiger partial charge is 0.325 e. The third kappa shape index (κ3) is 2.74. The maximum absolute atomic E-state index is 13.3. The van der Waals surface area contributed by atoms with Gasteiger partial charge in [-0.25, -0.2) is 14.2 Å². The molecule has 2 unspecified atom stereocenters. The normalized spacial score (nSPS) is 23.4. The Morgan fingerprint density at radius 2 is 1.76 bits per heavy atom. The average molecular weight is 393 g/mol. The first-order chi connectivity index (χ1) is 14.0. The number of hydrogen-bond donors (Lipinski definition) is 0. The van der Waals surface area contributed by atoms with Gasteiger partial charge in [0.25, 0.3) is 5.91 Å². The Morgan fingerprint density at radius 3 is 2.48 bits per heavy atom. The number of halogens is 1. The number of carbonyl (C=O) groups is 2. The van der Waals surface area contributed by atoms with E-state index in [4.69, 9.17) is 4.99 Å². The largest absolute Gasteiger partial charge is 0.328 e. The van der Waals surface area contributed by atoms with E-state index in [1.54, 1.807) is 19.2 Å². The van der Waals surface area contributed by atoms with Crippen LogP contribution >= 0.6 is 0 Å². The molecule has 3 aliphatic rings. The molecule has 2 aromatic carbocycles. The van der Waals surface area contributed by atoms with Crippen LogP contribution in [0.1, 0.15) is 5.56 Å². The molecule has 0 bridgehead atoms. The molecule has 148 valence electrons. The Kier molecular flexibility index (Phi) is 4.01. The van der Waals surface area contributed by atoms with Gasteiger partial charge in [0.1, 0.15) is 5.82 Å². The first kappa shape index (κ1) is 17.7. The van der Waals surface area contributed by atoms with Gasteiger partial charge in [-0.3, -0.25) is 9.69 Å². The van der Waals surface area contributed by atoms with E-state index in [9.17, 15) is 14.0 Å². The molecule has 0 aromatic heterocycles. The van der Waals surface area contributed by atoms with Crippen LogP contribution in [0.15, 0.2) is 59.6 Å². The Labute approximate surface area is 167 Å². The Morgan fingerprint density at radius 1 is 1.03 bits per heavy atom. The first-order valence-electron chi connectivity index (χ1n) is 9.54. The number of para-hydroxylation sites is 1. The number of hydrogen-bond acceptors (Lipinski definition) is 5.